The summed E-state index contributed by atoms with van der Waals surface area (Å²) in [6, 6.07) is 5.88. The second kappa shape index (κ2) is 4.46. The first kappa shape index (κ1) is 11.3. The van der Waals surface area contributed by atoms with Crippen molar-refractivity contribution >= 4 is 0 Å². The molecule has 1 aliphatic rings. The van der Waals surface area contributed by atoms with Gasteiger partial charge in [-0.2, -0.15) is 0 Å². The smallest absolute Gasteiger partial charge is 0.159 e. The zero-order chi connectivity index (χ0) is 12.5. The minimum Gasteiger partial charge on any atom is -0.306 e. The number of benzene rings is 1. The van der Waals surface area contributed by atoms with E-state index in [0.29, 0.717) is 0 Å². The van der Waals surface area contributed by atoms with Gasteiger partial charge in [-0.25, -0.2) is 8.78 Å². The van der Waals surface area contributed by atoms with Crippen molar-refractivity contribution in [3.63, 3.8) is 0 Å². The molecule has 92 valence electrons. The van der Waals surface area contributed by atoms with Gasteiger partial charge >= 0.3 is 0 Å². The summed E-state index contributed by atoms with van der Waals surface area (Å²) in [6.07, 6.45) is 4.47. The lowest BCUT2D eigenvalue weighted by Crippen LogP contribution is -2.30. The minimum atomic E-state index is -0.819. The lowest BCUT2D eigenvalue weighted by molar-refractivity contribution is 0.501. The summed E-state index contributed by atoms with van der Waals surface area (Å²) in [4.78, 5) is 4.11. The molecule has 1 N–H and O–H groups in total. The van der Waals surface area contributed by atoms with E-state index in [1.54, 1.807) is 18.5 Å². The number of halogens is 2. The van der Waals surface area contributed by atoms with Crippen molar-refractivity contribution in [2.24, 2.45) is 0 Å². The highest BCUT2D eigenvalue weighted by Gasteiger charge is 2.22. The Morgan fingerprint density at radius 1 is 1.17 bits per heavy atom. The van der Waals surface area contributed by atoms with Gasteiger partial charge in [0.05, 0.1) is 6.04 Å². The van der Waals surface area contributed by atoms with Gasteiger partial charge in [-0.3, -0.25) is 4.98 Å². The van der Waals surface area contributed by atoms with Crippen LogP contribution in [-0.2, 0) is 6.42 Å². The van der Waals surface area contributed by atoms with Crippen LogP contribution in [-0.4, -0.2) is 11.5 Å². The van der Waals surface area contributed by atoms with E-state index in [4.69, 9.17) is 0 Å². The summed E-state index contributed by atoms with van der Waals surface area (Å²) in [5.74, 6) is -1.63. The van der Waals surface area contributed by atoms with E-state index in [-0.39, 0.29) is 6.04 Å². The Labute approximate surface area is 104 Å². The molecule has 18 heavy (non-hydrogen) atoms. The van der Waals surface area contributed by atoms with Crippen molar-refractivity contribution in [2.45, 2.75) is 12.5 Å². The lowest BCUT2D eigenvalue weighted by Gasteiger charge is -2.26. The number of nitrogens with one attached hydrogen (secondary N) is 1. The highest BCUT2D eigenvalue weighted by atomic mass is 19.2. The summed E-state index contributed by atoms with van der Waals surface area (Å²) < 4.78 is 26.2. The third-order valence-corrected chi connectivity index (χ3v) is 3.28. The summed E-state index contributed by atoms with van der Waals surface area (Å²) in [7, 11) is 0. The average Bonchev–Trinajstić information content (AvgIpc) is 2.41. The number of hydrogen-bond donors (Lipinski definition) is 1. The molecular formula is C14H12F2N2. The second-order valence-corrected chi connectivity index (χ2v) is 4.39. The van der Waals surface area contributed by atoms with Crippen molar-refractivity contribution in [1.82, 2.24) is 10.3 Å². The maximum atomic E-state index is 13.3. The number of pyridine rings is 1. The molecule has 0 fully saturated rings. The van der Waals surface area contributed by atoms with Gasteiger partial charge in [0.25, 0.3) is 0 Å². The fourth-order valence-corrected chi connectivity index (χ4v) is 2.37. The largest absolute Gasteiger partial charge is 0.306 e. The van der Waals surface area contributed by atoms with E-state index < -0.39 is 11.6 Å². The maximum Gasteiger partial charge on any atom is 0.159 e. The van der Waals surface area contributed by atoms with Gasteiger partial charge in [0, 0.05) is 18.9 Å². The van der Waals surface area contributed by atoms with E-state index >= 15 is 0 Å². The maximum absolute atomic E-state index is 13.3. The zero-order valence-corrected chi connectivity index (χ0v) is 9.66. The third-order valence-electron chi connectivity index (χ3n) is 3.28. The van der Waals surface area contributed by atoms with Crippen LogP contribution in [0, 0.1) is 11.6 Å². The molecule has 2 heterocycles. The molecule has 0 amide bonds. The van der Waals surface area contributed by atoms with Crippen LogP contribution >= 0.6 is 0 Å². The van der Waals surface area contributed by atoms with Crippen LogP contribution in [0.15, 0.2) is 36.7 Å². The third kappa shape index (κ3) is 1.88. The average molecular weight is 246 g/mol. The number of fused-ring (bicyclic) bond motifs is 1. The minimum absolute atomic E-state index is 0.113. The molecule has 2 aromatic rings. The van der Waals surface area contributed by atoms with E-state index in [1.165, 1.54) is 11.6 Å². The first-order chi connectivity index (χ1) is 8.75. The number of rotatable bonds is 1. The van der Waals surface area contributed by atoms with Crippen LogP contribution in [0.3, 0.4) is 0 Å². The normalized spacial score (nSPS) is 18.4. The van der Waals surface area contributed by atoms with Gasteiger partial charge < -0.3 is 5.32 Å². The molecule has 0 radical (unpaired) electrons. The Morgan fingerprint density at radius 2 is 2.06 bits per heavy atom. The van der Waals surface area contributed by atoms with Crippen molar-refractivity contribution in [2.75, 3.05) is 6.54 Å². The van der Waals surface area contributed by atoms with Crippen LogP contribution in [0.1, 0.15) is 22.7 Å². The molecule has 4 heteroatoms. The molecule has 3 rings (SSSR count). The van der Waals surface area contributed by atoms with Crippen LogP contribution in [0.2, 0.25) is 0 Å². The molecule has 0 bridgehead atoms. The summed E-state index contributed by atoms with van der Waals surface area (Å²) in [5.41, 5.74) is 2.97. The van der Waals surface area contributed by atoms with Gasteiger partial charge in [-0.1, -0.05) is 6.07 Å². The van der Waals surface area contributed by atoms with Gasteiger partial charge in [0.15, 0.2) is 11.6 Å². The van der Waals surface area contributed by atoms with E-state index in [0.717, 1.165) is 30.2 Å². The topological polar surface area (TPSA) is 24.9 Å². The summed E-state index contributed by atoms with van der Waals surface area (Å²) >= 11 is 0. The van der Waals surface area contributed by atoms with Crippen LogP contribution < -0.4 is 5.32 Å². The van der Waals surface area contributed by atoms with E-state index in [1.807, 2.05) is 6.07 Å². The zero-order valence-electron chi connectivity index (χ0n) is 9.66. The Bertz CT molecular complexity index is 584. The van der Waals surface area contributed by atoms with Gasteiger partial charge in [0.2, 0.25) is 0 Å². The SMILES string of the molecule is Fc1ccc(C2NCCc3ccncc32)cc1F. The first-order valence-electron chi connectivity index (χ1n) is 5.87. The molecule has 1 unspecified atom stereocenters. The predicted molar refractivity (Wildman–Crippen MR) is 64.1 cm³/mol. The fourth-order valence-electron chi connectivity index (χ4n) is 2.37. The summed E-state index contributed by atoms with van der Waals surface area (Å²) in [5, 5.41) is 3.31. The molecule has 2 nitrogen and oxygen atoms in total. The van der Waals surface area contributed by atoms with Crippen molar-refractivity contribution in [3.8, 4) is 0 Å². The first-order valence-corrected chi connectivity index (χ1v) is 5.87. The molecule has 0 aliphatic carbocycles. The Morgan fingerprint density at radius 3 is 2.89 bits per heavy atom. The van der Waals surface area contributed by atoms with E-state index in [9.17, 15) is 8.78 Å². The number of nitrogens with zero attached hydrogens (tertiary/aromatic N) is 1. The van der Waals surface area contributed by atoms with Gasteiger partial charge in [-0.15, -0.1) is 0 Å². The highest BCUT2D eigenvalue weighted by Crippen LogP contribution is 2.28. The van der Waals surface area contributed by atoms with Crippen molar-refractivity contribution in [1.29, 1.82) is 0 Å². The molecule has 0 saturated heterocycles. The van der Waals surface area contributed by atoms with Crippen LogP contribution in [0.5, 0.6) is 0 Å². The molecule has 1 aromatic heterocycles. The van der Waals surface area contributed by atoms with Gasteiger partial charge in [0.1, 0.15) is 0 Å². The molecule has 0 spiro atoms. The highest BCUT2D eigenvalue weighted by molar-refractivity contribution is 5.37. The molecule has 1 aromatic carbocycles. The lowest BCUT2D eigenvalue weighted by atomic mass is 9.91. The molecular weight excluding hydrogens is 234 g/mol. The van der Waals surface area contributed by atoms with Crippen molar-refractivity contribution in [3.05, 3.63) is 65.0 Å². The molecule has 1 atom stereocenters. The fraction of sp³-hybridized carbons (Fsp3) is 0.214. The summed E-state index contributed by atoms with van der Waals surface area (Å²) in [6.45, 7) is 0.820. The Kier molecular flexibility index (Phi) is 2.80. The van der Waals surface area contributed by atoms with Gasteiger partial charge in [-0.05, 0) is 41.3 Å². The standard InChI is InChI=1S/C14H12F2N2/c15-12-2-1-10(7-13(12)16)14-11-8-17-5-3-9(11)4-6-18-14/h1-3,5,7-8,14,18H,4,6H2. The monoisotopic (exact) mass is 246 g/mol. The van der Waals surface area contributed by atoms with Crippen LogP contribution in [0.4, 0.5) is 8.78 Å². The molecule has 0 saturated carbocycles. The van der Waals surface area contributed by atoms with Crippen LogP contribution in [0.25, 0.3) is 0 Å². The second-order valence-electron chi connectivity index (χ2n) is 4.39. The molecule has 1 aliphatic heterocycles. The number of aromatic nitrogens is 1. The van der Waals surface area contributed by atoms with Crippen molar-refractivity contribution < 1.29 is 8.78 Å². The quantitative estimate of drug-likeness (QED) is 0.836. The Balaban J connectivity index is 2.05. The predicted octanol–water partition coefficient (Wildman–Crippen LogP) is 2.59. The van der Waals surface area contributed by atoms with E-state index in [2.05, 4.69) is 10.3 Å². The number of hydrogen-bond acceptors (Lipinski definition) is 2. The Hall–Kier alpha value is -1.81.